The number of hydrogen-bond donors (Lipinski definition) is 0. The van der Waals surface area contributed by atoms with E-state index < -0.39 is 0 Å². The third-order valence-corrected chi connectivity index (χ3v) is 4.23. The van der Waals surface area contributed by atoms with Crippen molar-refractivity contribution in [3.8, 4) is 0 Å². The van der Waals surface area contributed by atoms with Crippen molar-refractivity contribution in [3.05, 3.63) is 24.2 Å². The fraction of sp³-hybridized carbons (Fsp3) is 0.750. The van der Waals surface area contributed by atoms with E-state index in [1.54, 1.807) is 6.26 Å². The first-order valence-corrected chi connectivity index (χ1v) is 8.88. The molecule has 2 atom stereocenters. The second-order valence-electron chi connectivity index (χ2n) is 5.33. The molecule has 1 aromatic rings. The van der Waals surface area contributed by atoms with Crippen molar-refractivity contribution < 1.29 is 13.9 Å². The number of hydrogen-bond acceptors (Lipinski definition) is 3. The van der Waals surface area contributed by atoms with Gasteiger partial charge in [0.05, 0.1) is 6.26 Å². The molecule has 0 amide bonds. The number of rotatable bonds is 9. The molecule has 0 aromatic carbocycles. The molecule has 3 nitrogen and oxygen atoms in total. The predicted molar refractivity (Wildman–Crippen MR) is 83.0 cm³/mol. The van der Waals surface area contributed by atoms with Crippen LogP contribution in [0.5, 0.6) is 0 Å². The van der Waals surface area contributed by atoms with Crippen LogP contribution in [0.1, 0.15) is 63.2 Å². The lowest BCUT2D eigenvalue weighted by Crippen LogP contribution is -2.24. The second-order valence-corrected chi connectivity index (χ2v) is 6.12. The SMILES string of the molecule is BrCCCCCCC(OC1CCCCO1)c1ccco1. The summed E-state index contributed by atoms with van der Waals surface area (Å²) in [7, 11) is 0. The van der Waals surface area contributed by atoms with Crippen molar-refractivity contribution in [2.45, 2.75) is 63.8 Å². The van der Waals surface area contributed by atoms with E-state index in [1.165, 1.54) is 32.1 Å². The molecular formula is C16H25BrO3. The van der Waals surface area contributed by atoms with Gasteiger partial charge in [-0.3, -0.25) is 0 Å². The normalized spacial score (nSPS) is 20.9. The fourth-order valence-corrected chi connectivity index (χ4v) is 2.93. The third kappa shape index (κ3) is 5.58. The van der Waals surface area contributed by atoms with Gasteiger partial charge < -0.3 is 13.9 Å². The highest BCUT2D eigenvalue weighted by Crippen LogP contribution is 2.28. The van der Waals surface area contributed by atoms with E-state index in [9.17, 15) is 0 Å². The molecule has 0 saturated carbocycles. The number of ether oxygens (including phenoxy) is 2. The Balaban J connectivity index is 1.78. The van der Waals surface area contributed by atoms with Crippen molar-refractivity contribution in [1.29, 1.82) is 0 Å². The molecular weight excluding hydrogens is 320 g/mol. The lowest BCUT2D eigenvalue weighted by Gasteiger charge is -2.27. The fourth-order valence-electron chi connectivity index (χ4n) is 2.53. The van der Waals surface area contributed by atoms with E-state index in [-0.39, 0.29) is 12.4 Å². The second kappa shape index (κ2) is 9.59. The molecule has 4 heteroatoms. The minimum absolute atomic E-state index is 0.0390. The molecule has 0 spiro atoms. The first kappa shape index (κ1) is 16.1. The summed E-state index contributed by atoms with van der Waals surface area (Å²) in [6.07, 6.45) is 11.0. The maximum Gasteiger partial charge on any atom is 0.158 e. The molecule has 1 aromatic heterocycles. The van der Waals surface area contributed by atoms with Crippen LogP contribution in [0.4, 0.5) is 0 Å². The summed E-state index contributed by atoms with van der Waals surface area (Å²) in [5, 5.41) is 1.10. The Labute approximate surface area is 130 Å². The van der Waals surface area contributed by atoms with Crippen molar-refractivity contribution in [2.75, 3.05) is 11.9 Å². The standard InChI is InChI=1S/C16H25BrO3/c17-11-5-2-1-3-8-15(14-9-7-13-18-14)20-16-10-4-6-12-19-16/h7,9,13,15-16H,1-6,8,10-12H2. The third-order valence-electron chi connectivity index (χ3n) is 3.66. The van der Waals surface area contributed by atoms with Gasteiger partial charge in [0.2, 0.25) is 0 Å². The van der Waals surface area contributed by atoms with Crippen LogP contribution in [-0.2, 0) is 9.47 Å². The topological polar surface area (TPSA) is 31.6 Å². The van der Waals surface area contributed by atoms with Crippen molar-refractivity contribution in [2.24, 2.45) is 0 Å². The van der Waals surface area contributed by atoms with E-state index >= 15 is 0 Å². The number of alkyl halides is 1. The molecule has 0 bridgehead atoms. The molecule has 20 heavy (non-hydrogen) atoms. The van der Waals surface area contributed by atoms with E-state index in [2.05, 4.69) is 15.9 Å². The van der Waals surface area contributed by atoms with Gasteiger partial charge in [-0.1, -0.05) is 35.2 Å². The van der Waals surface area contributed by atoms with E-state index in [1.807, 2.05) is 12.1 Å². The lowest BCUT2D eigenvalue weighted by atomic mass is 10.1. The van der Waals surface area contributed by atoms with Gasteiger partial charge in [0, 0.05) is 11.9 Å². The van der Waals surface area contributed by atoms with Gasteiger partial charge in [0.25, 0.3) is 0 Å². The van der Waals surface area contributed by atoms with Crippen LogP contribution in [0.2, 0.25) is 0 Å². The molecule has 1 saturated heterocycles. The monoisotopic (exact) mass is 344 g/mol. The van der Waals surface area contributed by atoms with Gasteiger partial charge in [-0.15, -0.1) is 0 Å². The van der Waals surface area contributed by atoms with Crippen LogP contribution in [-0.4, -0.2) is 18.2 Å². The number of unbranched alkanes of at least 4 members (excludes halogenated alkanes) is 3. The minimum Gasteiger partial charge on any atom is -0.467 e. The number of halogens is 1. The summed E-state index contributed by atoms with van der Waals surface area (Å²) >= 11 is 3.47. The number of furan rings is 1. The minimum atomic E-state index is -0.0543. The van der Waals surface area contributed by atoms with Gasteiger partial charge in [-0.05, 0) is 44.2 Å². The summed E-state index contributed by atoms with van der Waals surface area (Å²) < 4.78 is 17.3. The van der Waals surface area contributed by atoms with Gasteiger partial charge >= 0.3 is 0 Å². The van der Waals surface area contributed by atoms with Crippen LogP contribution >= 0.6 is 15.9 Å². The Bertz CT molecular complexity index is 334. The Kier molecular flexibility index (Phi) is 7.70. The Morgan fingerprint density at radius 3 is 2.85 bits per heavy atom. The predicted octanol–water partition coefficient (Wildman–Crippen LogP) is 5.21. The maximum absolute atomic E-state index is 6.12. The molecule has 2 unspecified atom stereocenters. The van der Waals surface area contributed by atoms with Gasteiger partial charge in [0.15, 0.2) is 6.29 Å². The van der Waals surface area contributed by atoms with E-state index in [4.69, 9.17) is 13.9 Å². The molecule has 2 heterocycles. The first-order chi connectivity index (χ1) is 9.90. The van der Waals surface area contributed by atoms with Gasteiger partial charge in [-0.2, -0.15) is 0 Å². The summed E-state index contributed by atoms with van der Waals surface area (Å²) in [6, 6.07) is 3.93. The summed E-state index contributed by atoms with van der Waals surface area (Å²) in [6.45, 7) is 0.820. The highest BCUT2D eigenvalue weighted by molar-refractivity contribution is 9.09. The van der Waals surface area contributed by atoms with Gasteiger partial charge in [-0.25, -0.2) is 0 Å². The molecule has 0 N–H and O–H groups in total. The highest BCUT2D eigenvalue weighted by atomic mass is 79.9. The molecule has 1 fully saturated rings. The molecule has 0 aliphatic carbocycles. The molecule has 1 aliphatic heterocycles. The summed E-state index contributed by atoms with van der Waals surface area (Å²) in [4.78, 5) is 0. The molecule has 1 aliphatic rings. The summed E-state index contributed by atoms with van der Waals surface area (Å²) in [5.41, 5.74) is 0. The van der Waals surface area contributed by atoms with Crippen LogP contribution in [0.25, 0.3) is 0 Å². The first-order valence-electron chi connectivity index (χ1n) is 7.76. The van der Waals surface area contributed by atoms with E-state index in [0.717, 1.165) is 37.0 Å². The average molecular weight is 345 g/mol. The van der Waals surface area contributed by atoms with Crippen LogP contribution < -0.4 is 0 Å². The van der Waals surface area contributed by atoms with Crippen LogP contribution in [0, 0.1) is 0 Å². The highest BCUT2D eigenvalue weighted by Gasteiger charge is 2.22. The molecule has 114 valence electrons. The Morgan fingerprint density at radius 2 is 2.15 bits per heavy atom. The van der Waals surface area contributed by atoms with Crippen LogP contribution in [0.15, 0.2) is 22.8 Å². The molecule has 0 radical (unpaired) electrons. The zero-order valence-corrected chi connectivity index (χ0v) is 13.6. The van der Waals surface area contributed by atoms with Crippen molar-refractivity contribution in [1.82, 2.24) is 0 Å². The van der Waals surface area contributed by atoms with E-state index in [0.29, 0.717) is 0 Å². The lowest BCUT2D eigenvalue weighted by molar-refractivity contribution is -0.194. The summed E-state index contributed by atoms with van der Waals surface area (Å²) in [5.74, 6) is 0.930. The smallest absolute Gasteiger partial charge is 0.158 e. The zero-order chi connectivity index (χ0) is 14.0. The Hall–Kier alpha value is -0.320. The van der Waals surface area contributed by atoms with Gasteiger partial charge in [0.1, 0.15) is 11.9 Å². The quantitative estimate of drug-likeness (QED) is 0.455. The van der Waals surface area contributed by atoms with Crippen molar-refractivity contribution in [3.63, 3.8) is 0 Å². The van der Waals surface area contributed by atoms with Crippen LogP contribution in [0.3, 0.4) is 0 Å². The maximum atomic E-state index is 6.12. The Morgan fingerprint density at radius 1 is 1.25 bits per heavy atom. The molecule has 2 rings (SSSR count). The average Bonchev–Trinajstić information content (AvgIpc) is 3.01. The zero-order valence-electron chi connectivity index (χ0n) is 12.1. The van der Waals surface area contributed by atoms with Crippen molar-refractivity contribution >= 4 is 15.9 Å². The largest absolute Gasteiger partial charge is 0.467 e.